The molecule has 112 valence electrons. The van der Waals surface area contributed by atoms with Crippen LogP contribution in [0.1, 0.15) is 51.6 Å². The van der Waals surface area contributed by atoms with Crippen molar-refractivity contribution in [3.63, 3.8) is 0 Å². The Morgan fingerprint density at radius 3 is 2.60 bits per heavy atom. The minimum absolute atomic E-state index is 0.151. The van der Waals surface area contributed by atoms with E-state index in [1.807, 2.05) is 13.1 Å². The number of nitrogens with one attached hydrogen (secondary N) is 1. The van der Waals surface area contributed by atoms with Gasteiger partial charge in [-0.3, -0.25) is 0 Å². The van der Waals surface area contributed by atoms with Crippen molar-refractivity contribution in [3.8, 4) is 0 Å². The molecule has 1 N–H and O–H groups in total. The fraction of sp³-hybridized carbons (Fsp3) is 0.647. The molecule has 1 aromatic carbocycles. The van der Waals surface area contributed by atoms with Gasteiger partial charge in [0, 0.05) is 24.8 Å². The highest BCUT2D eigenvalue weighted by molar-refractivity contribution is 5.56. The summed E-state index contributed by atoms with van der Waals surface area (Å²) in [6.45, 7) is 8.83. The van der Waals surface area contributed by atoms with Gasteiger partial charge >= 0.3 is 0 Å². The molecule has 0 amide bonds. The van der Waals surface area contributed by atoms with E-state index in [2.05, 4.69) is 31.0 Å². The Morgan fingerprint density at radius 2 is 2.05 bits per heavy atom. The second-order valence-corrected chi connectivity index (χ2v) is 6.09. The van der Waals surface area contributed by atoms with Crippen molar-refractivity contribution >= 4 is 5.69 Å². The quantitative estimate of drug-likeness (QED) is 0.871. The number of hydrogen-bond donors (Lipinski definition) is 1. The Balaban J connectivity index is 2.30. The highest BCUT2D eigenvalue weighted by Crippen LogP contribution is 2.40. The molecule has 1 saturated heterocycles. The van der Waals surface area contributed by atoms with E-state index < -0.39 is 0 Å². The maximum atomic E-state index is 13.6. The van der Waals surface area contributed by atoms with Gasteiger partial charge in [-0.2, -0.15) is 0 Å². The van der Waals surface area contributed by atoms with E-state index in [0.29, 0.717) is 5.41 Å². The molecule has 1 fully saturated rings. The molecule has 1 unspecified atom stereocenters. The van der Waals surface area contributed by atoms with Crippen LogP contribution in [0, 0.1) is 11.2 Å². The van der Waals surface area contributed by atoms with Crippen molar-refractivity contribution in [2.45, 2.75) is 46.1 Å². The first-order chi connectivity index (χ1) is 9.55. The molecule has 0 spiro atoms. The molecular weight excluding hydrogens is 251 g/mol. The van der Waals surface area contributed by atoms with Crippen LogP contribution >= 0.6 is 0 Å². The average molecular weight is 278 g/mol. The second kappa shape index (κ2) is 6.13. The van der Waals surface area contributed by atoms with Crippen LogP contribution in [-0.4, -0.2) is 20.1 Å². The monoisotopic (exact) mass is 278 g/mol. The van der Waals surface area contributed by atoms with Crippen LogP contribution in [0.15, 0.2) is 18.2 Å². The number of benzene rings is 1. The van der Waals surface area contributed by atoms with Crippen molar-refractivity contribution < 1.29 is 4.39 Å². The van der Waals surface area contributed by atoms with Gasteiger partial charge in [-0.15, -0.1) is 0 Å². The van der Waals surface area contributed by atoms with Crippen LogP contribution in [0.2, 0.25) is 0 Å². The summed E-state index contributed by atoms with van der Waals surface area (Å²) in [4.78, 5) is 2.44. The third kappa shape index (κ3) is 2.83. The van der Waals surface area contributed by atoms with Crippen molar-refractivity contribution in [2.24, 2.45) is 5.41 Å². The summed E-state index contributed by atoms with van der Waals surface area (Å²) < 4.78 is 13.6. The molecule has 1 atom stereocenters. The number of hydrogen-bond acceptors (Lipinski definition) is 2. The zero-order valence-corrected chi connectivity index (χ0v) is 13.2. The number of nitrogens with zero attached hydrogens (tertiary/aromatic N) is 1. The summed E-state index contributed by atoms with van der Waals surface area (Å²) >= 11 is 0. The largest absolute Gasteiger partial charge is 0.371 e. The topological polar surface area (TPSA) is 15.3 Å². The Bertz CT molecular complexity index is 454. The van der Waals surface area contributed by atoms with Crippen molar-refractivity contribution in [1.29, 1.82) is 0 Å². The van der Waals surface area contributed by atoms with E-state index in [1.54, 1.807) is 12.1 Å². The fourth-order valence-corrected chi connectivity index (χ4v) is 3.28. The van der Waals surface area contributed by atoms with E-state index in [4.69, 9.17) is 0 Å². The molecule has 1 aliphatic heterocycles. The van der Waals surface area contributed by atoms with Crippen LogP contribution in [0.5, 0.6) is 0 Å². The molecule has 0 aliphatic carbocycles. The Morgan fingerprint density at radius 1 is 1.35 bits per heavy atom. The molecule has 0 bridgehead atoms. The SMILES string of the molecule is CCC1(CC)CCN(c2ccc(F)cc2C(C)NC)C1. The average Bonchev–Trinajstić information content (AvgIpc) is 2.91. The summed E-state index contributed by atoms with van der Waals surface area (Å²) in [5.74, 6) is -0.151. The Hall–Kier alpha value is -1.09. The third-order valence-electron chi connectivity index (χ3n) is 5.17. The molecule has 2 nitrogen and oxygen atoms in total. The van der Waals surface area contributed by atoms with Gasteiger partial charge in [-0.05, 0) is 62.4 Å². The van der Waals surface area contributed by atoms with Crippen molar-refractivity contribution in [2.75, 3.05) is 25.0 Å². The highest BCUT2D eigenvalue weighted by Gasteiger charge is 2.35. The summed E-state index contributed by atoms with van der Waals surface area (Å²) in [6.07, 6.45) is 3.68. The lowest BCUT2D eigenvalue weighted by molar-refractivity contribution is 0.301. The Kier molecular flexibility index (Phi) is 4.69. The van der Waals surface area contributed by atoms with E-state index in [-0.39, 0.29) is 11.9 Å². The molecule has 20 heavy (non-hydrogen) atoms. The first-order valence-electron chi connectivity index (χ1n) is 7.77. The predicted octanol–water partition coefficient (Wildman–Crippen LogP) is 4.12. The molecule has 1 heterocycles. The van der Waals surface area contributed by atoms with Gasteiger partial charge in [0.25, 0.3) is 0 Å². The van der Waals surface area contributed by atoms with Crippen molar-refractivity contribution in [3.05, 3.63) is 29.6 Å². The van der Waals surface area contributed by atoms with Gasteiger partial charge in [-0.1, -0.05) is 13.8 Å². The fourth-order valence-electron chi connectivity index (χ4n) is 3.28. The van der Waals surface area contributed by atoms with Crippen LogP contribution in [0.3, 0.4) is 0 Å². The van der Waals surface area contributed by atoms with E-state index >= 15 is 0 Å². The third-order valence-corrected chi connectivity index (χ3v) is 5.17. The van der Waals surface area contributed by atoms with Gasteiger partial charge in [0.05, 0.1) is 0 Å². The Labute approximate surface area is 122 Å². The lowest BCUT2D eigenvalue weighted by Crippen LogP contribution is -2.28. The molecule has 1 aliphatic rings. The second-order valence-electron chi connectivity index (χ2n) is 6.09. The van der Waals surface area contributed by atoms with E-state index in [0.717, 1.165) is 18.7 Å². The number of rotatable bonds is 5. The summed E-state index contributed by atoms with van der Waals surface area (Å²) in [5, 5.41) is 3.23. The van der Waals surface area contributed by atoms with Gasteiger partial charge in [0.2, 0.25) is 0 Å². The van der Waals surface area contributed by atoms with E-state index in [1.165, 1.54) is 24.9 Å². The standard InChI is InChI=1S/C17H27FN2/c1-5-17(6-2)9-10-20(12-17)16-8-7-14(18)11-15(16)13(3)19-4/h7-8,11,13,19H,5-6,9-10,12H2,1-4H3. The zero-order chi connectivity index (χ0) is 14.8. The summed E-state index contributed by atoms with van der Waals surface area (Å²) in [6, 6.07) is 5.37. The summed E-state index contributed by atoms with van der Waals surface area (Å²) in [7, 11) is 1.92. The molecule has 0 saturated carbocycles. The van der Waals surface area contributed by atoms with Crippen LogP contribution in [-0.2, 0) is 0 Å². The van der Waals surface area contributed by atoms with Gasteiger partial charge in [0.1, 0.15) is 5.82 Å². The number of anilines is 1. The maximum absolute atomic E-state index is 13.6. The van der Waals surface area contributed by atoms with Gasteiger partial charge < -0.3 is 10.2 Å². The van der Waals surface area contributed by atoms with Crippen LogP contribution < -0.4 is 10.2 Å². The highest BCUT2D eigenvalue weighted by atomic mass is 19.1. The molecule has 2 rings (SSSR count). The number of halogens is 1. The molecule has 1 aromatic rings. The van der Waals surface area contributed by atoms with Crippen LogP contribution in [0.25, 0.3) is 0 Å². The normalized spacial score (nSPS) is 19.4. The lowest BCUT2D eigenvalue weighted by atomic mass is 9.82. The first kappa shape index (κ1) is 15.3. The minimum Gasteiger partial charge on any atom is -0.371 e. The first-order valence-corrected chi connectivity index (χ1v) is 7.77. The van der Waals surface area contributed by atoms with E-state index in [9.17, 15) is 4.39 Å². The lowest BCUT2D eigenvalue weighted by Gasteiger charge is -2.29. The zero-order valence-electron chi connectivity index (χ0n) is 13.2. The maximum Gasteiger partial charge on any atom is 0.123 e. The van der Waals surface area contributed by atoms with Gasteiger partial charge in [-0.25, -0.2) is 4.39 Å². The molecule has 3 heteroatoms. The molecular formula is C17H27FN2. The smallest absolute Gasteiger partial charge is 0.123 e. The minimum atomic E-state index is -0.151. The molecule has 0 aromatic heterocycles. The van der Waals surface area contributed by atoms with Gasteiger partial charge in [0.15, 0.2) is 0 Å². The molecule has 0 radical (unpaired) electrons. The predicted molar refractivity (Wildman–Crippen MR) is 83.7 cm³/mol. The van der Waals surface area contributed by atoms with Crippen LogP contribution in [0.4, 0.5) is 10.1 Å². The van der Waals surface area contributed by atoms with Crippen molar-refractivity contribution in [1.82, 2.24) is 5.32 Å². The summed E-state index contributed by atoms with van der Waals surface area (Å²) in [5.41, 5.74) is 2.70.